The molecule has 0 saturated carbocycles. The lowest BCUT2D eigenvalue weighted by Gasteiger charge is -2.06. The summed E-state index contributed by atoms with van der Waals surface area (Å²) in [6, 6.07) is 11.2. The average molecular weight is 446 g/mol. The molecule has 27 heavy (non-hydrogen) atoms. The average Bonchev–Trinajstić information content (AvgIpc) is 3.26. The van der Waals surface area contributed by atoms with E-state index in [0.29, 0.717) is 21.9 Å². The predicted molar refractivity (Wildman–Crippen MR) is 110 cm³/mol. The molecule has 3 rings (SSSR count). The molecule has 0 radical (unpaired) electrons. The van der Waals surface area contributed by atoms with Gasteiger partial charge in [0.05, 0.1) is 7.11 Å². The van der Waals surface area contributed by atoms with Gasteiger partial charge in [0.2, 0.25) is 5.91 Å². The van der Waals surface area contributed by atoms with Crippen LogP contribution in [-0.2, 0) is 9.53 Å². The van der Waals surface area contributed by atoms with Gasteiger partial charge in [-0.15, -0.1) is 11.3 Å². The Labute approximate surface area is 168 Å². The van der Waals surface area contributed by atoms with E-state index in [1.165, 1.54) is 24.5 Å². The number of hydrogen-bond donors (Lipinski definition) is 1. The van der Waals surface area contributed by atoms with E-state index in [1.54, 1.807) is 12.1 Å². The van der Waals surface area contributed by atoms with Crippen LogP contribution in [0.3, 0.4) is 0 Å². The van der Waals surface area contributed by atoms with Crippen LogP contribution in [0.4, 0.5) is 5.00 Å². The number of furan rings is 1. The minimum atomic E-state index is -0.505. The van der Waals surface area contributed by atoms with Crippen molar-refractivity contribution in [3.05, 3.63) is 69.4 Å². The van der Waals surface area contributed by atoms with Crippen molar-refractivity contribution in [2.75, 3.05) is 12.4 Å². The van der Waals surface area contributed by atoms with Crippen LogP contribution in [0.2, 0.25) is 0 Å². The number of hydrogen-bond acceptors (Lipinski definition) is 5. The topological polar surface area (TPSA) is 68.5 Å². The third-order valence-electron chi connectivity index (χ3n) is 3.73. The SMILES string of the molecule is COC(=O)c1c(-c2ccc(Br)cc2)csc1NC(=O)/C=C/c1ccc(C)o1. The molecular formula is C20H16BrNO4S. The molecule has 1 N–H and O–H groups in total. The molecule has 0 aliphatic heterocycles. The molecule has 1 aromatic carbocycles. The minimum Gasteiger partial charge on any atom is -0.465 e. The largest absolute Gasteiger partial charge is 0.465 e. The molecule has 0 fully saturated rings. The van der Waals surface area contributed by atoms with Gasteiger partial charge in [-0.2, -0.15) is 0 Å². The smallest absolute Gasteiger partial charge is 0.341 e. The second-order valence-corrected chi connectivity index (χ2v) is 7.42. The number of thiophene rings is 1. The summed E-state index contributed by atoms with van der Waals surface area (Å²) in [5.41, 5.74) is 1.90. The Bertz CT molecular complexity index is 1000. The fraction of sp³-hybridized carbons (Fsp3) is 0.100. The molecule has 0 aliphatic carbocycles. The Morgan fingerprint density at radius 3 is 2.56 bits per heavy atom. The lowest BCUT2D eigenvalue weighted by molar-refractivity contribution is -0.111. The highest BCUT2D eigenvalue weighted by Crippen LogP contribution is 2.36. The number of amides is 1. The van der Waals surface area contributed by atoms with E-state index in [-0.39, 0.29) is 5.91 Å². The van der Waals surface area contributed by atoms with Gasteiger partial charge in [-0.25, -0.2) is 4.79 Å². The van der Waals surface area contributed by atoms with Gasteiger partial charge >= 0.3 is 5.97 Å². The predicted octanol–water partition coefficient (Wildman–Crippen LogP) is 5.52. The van der Waals surface area contributed by atoms with Gasteiger partial charge in [-0.1, -0.05) is 28.1 Å². The Balaban J connectivity index is 1.86. The van der Waals surface area contributed by atoms with Crippen molar-refractivity contribution in [1.82, 2.24) is 0 Å². The van der Waals surface area contributed by atoms with Crippen LogP contribution >= 0.6 is 27.3 Å². The van der Waals surface area contributed by atoms with Crippen LogP contribution in [0, 0.1) is 6.92 Å². The normalized spacial score (nSPS) is 10.9. The summed E-state index contributed by atoms with van der Waals surface area (Å²) in [5.74, 6) is 0.478. The molecular weight excluding hydrogens is 430 g/mol. The van der Waals surface area contributed by atoms with Gasteiger partial charge in [0.25, 0.3) is 0 Å². The van der Waals surface area contributed by atoms with E-state index in [1.807, 2.05) is 42.6 Å². The number of esters is 1. The highest BCUT2D eigenvalue weighted by Gasteiger charge is 2.21. The lowest BCUT2D eigenvalue weighted by atomic mass is 10.0. The number of rotatable bonds is 5. The van der Waals surface area contributed by atoms with Crippen LogP contribution in [0.1, 0.15) is 21.9 Å². The van der Waals surface area contributed by atoms with Crippen molar-refractivity contribution in [1.29, 1.82) is 0 Å². The number of benzene rings is 1. The van der Waals surface area contributed by atoms with Gasteiger partial charge in [0.15, 0.2) is 0 Å². The molecule has 0 unspecified atom stereocenters. The highest BCUT2D eigenvalue weighted by atomic mass is 79.9. The first-order valence-electron chi connectivity index (χ1n) is 7.99. The molecule has 138 valence electrons. The second-order valence-electron chi connectivity index (χ2n) is 5.62. The van der Waals surface area contributed by atoms with Crippen molar-refractivity contribution in [3.63, 3.8) is 0 Å². The number of halogens is 1. The minimum absolute atomic E-state index is 0.334. The monoisotopic (exact) mass is 445 g/mol. The molecule has 0 saturated heterocycles. The van der Waals surface area contributed by atoms with Gasteiger partial charge in [-0.3, -0.25) is 4.79 Å². The Hall–Kier alpha value is -2.64. The molecule has 0 atom stereocenters. The van der Waals surface area contributed by atoms with Gasteiger partial charge in [0, 0.05) is 21.5 Å². The summed E-state index contributed by atoms with van der Waals surface area (Å²) in [6.45, 7) is 1.83. The number of aryl methyl sites for hydroxylation is 1. The van der Waals surface area contributed by atoms with Crippen LogP contribution in [0.15, 0.2) is 56.7 Å². The molecule has 7 heteroatoms. The zero-order valence-corrected chi connectivity index (χ0v) is 17.0. The van der Waals surface area contributed by atoms with Crippen molar-refractivity contribution in [3.8, 4) is 11.1 Å². The molecule has 3 aromatic rings. The number of nitrogens with one attached hydrogen (secondary N) is 1. The van der Waals surface area contributed by atoms with Crippen LogP contribution in [-0.4, -0.2) is 19.0 Å². The summed E-state index contributed by atoms with van der Waals surface area (Å²) >= 11 is 4.66. The zero-order chi connectivity index (χ0) is 19.4. The fourth-order valence-electron chi connectivity index (χ4n) is 2.45. The number of methoxy groups -OCH3 is 1. The summed E-state index contributed by atoms with van der Waals surface area (Å²) in [7, 11) is 1.32. The van der Waals surface area contributed by atoms with Gasteiger partial charge in [0.1, 0.15) is 22.1 Å². The van der Waals surface area contributed by atoms with E-state index >= 15 is 0 Å². The van der Waals surface area contributed by atoms with Crippen LogP contribution in [0.25, 0.3) is 17.2 Å². The number of carbonyl (C=O) groups is 2. The molecule has 2 heterocycles. The maximum Gasteiger partial charge on any atom is 0.341 e. The molecule has 0 spiro atoms. The van der Waals surface area contributed by atoms with E-state index in [4.69, 9.17) is 9.15 Å². The standard InChI is InChI=1S/C20H16BrNO4S/c1-12-3-8-15(26-12)9-10-17(23)22-19-18(20(24)25-2)16(11-27-19)13-4-6-14(21)7-5-13/h3-11H,1-2H3,(H,22,23)/b10-9+. The maximum atomic E-state index is 12.3. The first-order chi connectivity index (χ1) is 13.0. The lowest BCUT2D eigenvalue weighted by Crippen LogP contribution is -2.11. The first kappa shape index (κ1) is 19.1. The molecule has 2 aromatic heterocycles. The van der Waals surface area contributed by atoms with Crippen LogP contribution < -0.4 is 5.32 Å². The van der Waals surface area contributed by atoms with E-state index in [2.05, 4.69) is 21.2 Å². The van der Waals surface area contributed by atoms with Crippen molar-refractivity contribution in [2.45, 2.75) is 6.92 Å². The third-order valence-corrected chi connectivity index (χ3v) is 5.16. The second kappa shape index (κ2) is 8.37. The summed E-state index contributed by atoms with van der Waals surface area (Å²) in [4.78, 5) is 24.6. The maximum absolute atomic E-state index is 12.3. The van der Waals surface area contributed by atoms with E-state index < -0.39 is 5.97 Å². The highest BCUT2D eigenvalue weighted by molar-refractivity contribution is 9.10. The van der Waals surface area contributed by atoms with Crippen molar-refractivity contribution in [2.24, 2.45) is 0 Å². The molecule has 1 amide bonds. The molecule has 0 bridgehead atoms. The van der Waals surface area contributed by atoms with Gasteiger partial charge in [-0.05, 0) is 42.8 Å². The van der Waals surface area contributed by atoms with E-state index in [0.717, 1.165) is 15.8 Å². The molecule has 0 aliphatic rings. The Morgan fingerprint density at radius 1 is 1.19 bits per heavy atom. The van der Waals surface area contributed by atoms with Crippen molar-refractivity contribution >= 4 is 50.2 Å². The number of anilines is 1. The quantitative estimate of drug-likeness (QED) is 0.414. The van der Waals surface area contributed by atoms with Crippen LogP contribution in [0.5, 0.6) is 0 Å². The molecule has 5 nitrogen and oxygen atoms in total. The first-order valence-corrected chi connectivity index (χ1v) is 9.66. The number of ether oxygens (including phenoxy) is 1. The number of carbonyl (C=O) groups excluding carboxylic acids is 2. The summed E-state index contributed by atoms with van der Waals surface area (Å²) < 4.78 is 11.2. The Kier molecular flexibility index (Phi) is 5.93. The fourth-order valence-corrected chi connectivity index (χ4v) is 3.68. The Morgan fingerprint density at radius 2 is 1.93 bits per heavy atom. The summed E-state index contributed by atoms with van der Waals surface area (Å²) in [6.07, 6.45) is 2.93. The van der Waals surface area contributed by atoms with Crippen molar-refractivity contribution < 1.29 is 18.7 Å². The zero-order valence-electron chi connectivity index (χ0n) is 14.6. The van der Waals surface area contributed by atoms with Gasteiger partial charge < -0.3 is 14.5 Å². The van der Waals surface area contributed by atoms with E-state index in [9.17, 15) is 9.59 Å². The third kappa shape index (κ3) is 4.56. The summed E-state index contributed by atoms with van der Waals surface area (Å²) in [5, 5.41) is 5.00.